The van der Waals surface area contributed by atoms with Crippen molar-refractivity contribution >= 4 is 50.3 Å². The quantitative estimate of drug-likeness (QED) is 0.234. The molecule has 0 aliphatic rings. The number of halogens is 1. The van der Waals surface area contributed by atoms with Gasteiger partial charge in [-0.1, -0.05) is 46.3 Å². The van der Waals surface area contributed by atoms with E-state index in [9.17, 15) is 5.11 Å². The minimum Gasteiger partial charge on any atom is -0.502 e. The van der Waals surface area contributed by atoms with Crippen molar-refractivity contribution in [3.05, 3.63) is 88.7 Å². The van der Waals surface area contributed by atoms with E-state index in [2.05, 4.69) is 21.2 Å². The Kier molecular flexibility index (Phi) is 6.44. The molecule has 0 amide bonds. The molecular formula is C22H20BrN2O2S+. The van der Waals surface area contributed by atoms with Gasteiger partial charge >= 0.3 is 0 Å². The van der Waals surface area contributed by atoms with Crippen LogP contribution in [0.3, 0.4) is 0 Å². The molecule has 3 rings (SSSR count). The first-order chi connectivity index (χ1) is 13.5. The van der Waals surface area contributed by atoms with E-state index < -0.39 is 0 Å². The van der Waals surface area contributed by atoms with E-state index in [0.717, 1.165) is 21.5 Å². The second-order valence-electron chi connectivity index (χ2n) is 6.15. The van der Waals surface area contributed by atoms with Gasteiger partial charge in [0.1, 0.15) is 5.75 Å². The number of aliphatic hydroxyl groups is 1. The standard InChI is InChI=1S/C22H19BrN2O2S/c1-15-7-6-12-25(14-15)20(21(26)18-10-3-4-11-19(18)23)22(28)24-16-8-5-9-17(13-16)27-2/h3-14H,1-2H3,(H-,24,26,28)/p+1. The van der Waals surface area contributed by atoms with E-state index in [-0.39, 0.29) is 5.76 Å². The number of aryl methyl sites for hydroxylation is 1. The number of aliphatic hydroxyl groups excluding tert-OH is 1. The number of anilines is 1. The molecule has 6 heteroatoms. The summed E-state index contributed by atoms with van der Waals surface area (Å²) in [7, 11) is 1.62. The zero-order chi connectivity index (χ0) is 20.1. The minimum atomic E-state index is 0.0727. The largest absolute Gasteiger partial charge is 0.502 e. The van der Waals surface area contributed by atoms with Crippen LogP contribution in [0.1, 0.15) is 11.1 Å². The lowest BCUT2D eigenvalue weighted by molar-refractivity contribution is -0.576. The fourth-order valence-corrected chi connectivity index (χ4v) is 3.54. The number of aromatic nitrogens is 1. The maximum absolute atomic E-state index is 11.1. The molecule has 2 aromatic carbocycles. The molecule has 0 saturated heterocycles. The van der Waals surface area contributed by atoms with Gasteiger partial charge in [0.15, 0.2) is 23.1 Å². The van der Waals surface area contributed by atoms with Gasteiger partial charge < -0.3 is 15.2 Å². The molecule has 0 saturated carbocycles. The predicted octanol–water partition coefficient (Wildman–Crippen LogP) is 5.38. The first-order valence-electron chi connectivity index (χ1n) is 8.61. The Morgan fingerprint density at radius 1 is 1.11 bits per heavy atom. The van der Waals surface area contributed by atoms with Gasteiger partial charge in [-0.3, -0.25) is 0 Å². The van der Waals surface area contributed by atoms with Crippen LogP contribution in [0, 0.1) is 6.92 Å². The molecule has 0 radical (unpaired) electrons. The number of benzene rings is 2. The second-order valence-corrected chi connectivity index (χ2v) is 7.41. The number of nitrogens with one attached hydrogen (secondary N) is 1. The minimum absolute atomic E-state index is 0.0727. The van der Waals surface area contributed by atoms with Crippen LogP contribution in [-0.4, -0.2) is 17.2 Å². The van der Waals surface area contributed by atoms with Crippen LogP contribution in [0.2, 0.25) is 0 Å². The smallest absolute Gasteiger partial charge is 0.288 e. The van der Waals surface area contributed by atoms with Crippen molar-refractivity contribution in [1.29, 1.82) is 0 Å². The Morgan fingerprint density at radius 2 is 1.89 bits per heavy atom. The van der Waals surface area contributed by atoms with Gasteiger partial charge in [0.25, 0.3) is 5.70 Å². The molecule has 3 aromatic rings. The second kappa shape index (κ2) is 8.99. The van der Waals surface area contributed by atoms with Gasteiger partial charge in [-0.2, -0.15) is 4.57 Å². The molecule has 0 unspecified atom stereocenters. The summed E-state index contributed by atoms with van der Waals surface area (Å²) < 4.78 is 7.87. The number of thiocarbonyl (C=S) groups is 1. The number of rotatable bonds is 5. The highest BCUT2D eigenvalue weighted by Crippen LogP contribution is 2.26. The average Bonchev–Trinajstić information content (AvgIpc) is 2.68. The number of ether oxygens (including phenoxy) is 1. The van der Waals surface area contributed by atoms with Crippen molar-refractivity contribution in [1.82, 2.24) is 0 Å². The summed E-state index contributed by atoms with van der Waals surface area (Å²) in [5.74, 6) is 0.792. The van der Waals surface area contributed by atoms with Crippen LogP contribution in [0.4, 0.5) is 5.69 Å². The summed E-state index contributed by atoms with van der Waals surface area (Å²) in [5.41, 5.74) is 2.95. The van der Waals surface area contributed by atoms with Crippen molar-refractivity contribution < 1.29 is 14.4 Å². The summed E-state index contributed by atoms with van der Waals surface area (Å²) in [5, 5.41) is 14.3. The Labute approximate surface area is 178 Å². The topological polar surface area (TPSA) is 45.4 Å². The third kappa shape index (κ3) is 4.58. The van der Waals surface area contributed by atoms with Gasteiger partial charge in [0, 0.05) is 33.4 Å². The number of pyridine rings is 1. The lowest BCUT2D eigenvalue weighted by Gasteiger charge is -2.12. The van der Waals surface area contributed by atoms with Gasteiger partial charge in [0.2, 0.25) is 0 Å². The van der Waals surface area contributed by atoms with Crippen LogP contribution in [-0.2, 0) is 0 Å². The van der Waals surface area contributed by atoms with E-state index in [1.54, 1.807) is 7.11 Å². The van der Waals surface area contributed by atoms with Crippen LogP contribution in [0.5, 0.6) is 5.75 Å². The van der Waals surface area contributed by atoms with E-state index >= 15 is 0 Å². The van der Waals surface area contributed by atoms with Crippen LogP contribution in [0.25, 0.3) is 11.5 Å². The normalized spacial score (nSPS) is 11.5. The lowest BCUT2D eigenvalue weighted by atomic mass is 10.1. The SMILES string of the molecule is COc1cccc(NC(=S)C(=C(O)c2ccccc2Br)[n+]2cccc(C)c2)c1. The monoisotopic (exact) mass is 455 g/mol. The molecule has 28 heavy (non-hydrogen) atoms. The molecular weight excluding hydrogens is 436 g/mol. The van der Waals surface area contributed by atoms with Gasteiger partial charge in [-0.15, -0.1) is 0 Å². The molecule has 0 aliphatic carbocycles. The average molecular weight is 456 g/mol. The Balaban J connectivity index is 2.09. The summed E-state index contributed by atoms with van der Waals surface area (Å²) in [6.07, 6.45) is 3.77. The lowest BCUT2D eigenvalue weighted by Crippen LogP contribution is -2.38. The highest BCUT2D eigenvalue weighted by Gasteiger charge is 2.25. The first kappa shape index (κ1) is 20.0. The number of methoxy groups -OCH3 is 1. The van der Waals surface area contributed by atoms with Crippen LogP contribution in [0.15, 0.2) is 77.5 Å². The molecule has 142 valence electrons. The van der Waals surface area contributed by atoms with Crippen LogP contribution >= 0.6 is 28.1 Å². The number of nitrogens with zero attached hydrogens (tertiary/aromatic N) is 1. The Morgan fingerprint density at radius 3 is 2.61 bits per heavy atom. The summed E-state index contributed by atoms with van der Waals surface area (Å²) in [6, 6.07) is 18.9. The highest BCUT2D eigenvalue weighted by molar-refractivity contribution is 9.10. The molecule has 0 atom stereocenters. The van der Waals surface area contributed by atoms with Crippen molar-refractivity contribution in [2.75, 3.05) is 12.4 Å². The highest BCUT2D eigenvalue weighted by atomic mass is 79.9. The summed E-state index contributed by atoms with van der Waals surface area (Å²) >= 11 is 9.18. The van der Waals surface area contributed by atoms with Crippen molar-refractivity contribution in [2.24, 2.45) is 0 Å². The molecule has 1 aromatic heterocycles. The third-order valence-electron chi connectivity index (χ3n) is 4.10. The maximum Gasteiger partial charge on any atom is 0.288 e. The number of hydrogen-bond acceptors (Lipinski definition) is 3. The van der Waals surface area contributed by atoms with Gasteiger partial charge in [-0.25, -0.2) is 0 Å². The fourth-order valence-electron chi connectivity index (χ4n) is 2.75. The van der Waals surface area contributed by atoms with Gasteiger partial charge in [0.05, 0.1) is 7.11 Å². The molecule has 4 nitrogen and oxygen atoms in total. The van der Waals surface area contributed by atoms with E-state index in [1.165, 1.54) is 0 Å². The van der Waals surface area contributed by atoms with Crippen LogP contribution < -0.4 is 14.6 Å². The van der Waals surface area contributed by atoms with E-state index in [0.29, 0.717) is 16.2 Å². The predicted molar refractivity (Wildman–Crippen MR) is 120 cm³/mol. The van der Waals surface area contributed by atoms with Crippen molar-refractivity contribution in [3.63, 3.8) is 0 Å². The third-order valence-corrected chi connectivity index (χ3v) is 5.09. The molecule has 2 N–H and O–H groups in total. The van der Waals surface area contributed by atoms with Crippen molar-refractivity contribution in [3.8, 4) is 5.75 Å². The molecule has 0 bridgehead atoms. The maximum atomic E-state index is 11.1. The zero-order valence-corrected chi connectivity index (χ0v) is 17.9. The van der Waals surface area contributed by atoms with Crippen molar-refractivity contribution in [2.45, 2.75) is 6.92 Å². The van der Waals surface area contributed by atoms with E-state index in [4.69, 9.17) is 17.0 Å². The van der Waals surface area contributed by atoms with E-state index in [1.807, 2.05) is 84.5 Å². The summed E-state index contributed by atoms with van der Waals surface area (Å²) in [4.78, 5) is 0.386. The molecule has 0 fully saturated rings. The molecule has 0 aliphatic heterocycles. The summed E-state index contributed by atoms with van der Waals surface area (Å²) in [6.45, 7) is 1.99. The van der Waals surface area contributed by atoms with Gasteiger partial charge in [-0.05, 0) is 37.3 Å². The zero-order valence-electron chi connectivity index (χ0n) is 15.5. The fraction of sp³-hybridized carbons (Fsp3) is 0.0909. The first-order valence-corrected chi connectivity index (χ1v) is 9.81. The molecule has 0 spiro atoms. The number of hydrogen-bond donors (Lipinski definition) is 2. The Hall–Kier alpha value is -2.70. The Bertz CT molecular complexity index is 1050. The molecule has 1 heterocycles.